The molecule has 2 aliphatic heterocycles. The van der Waals surface area contributed by atoms with Gasteiger partial charge in [-0.2, -0.15) is 0 Å². The van der Waals surface area contributed by atoms with Crippen molar-refractivity contribution < 1.29 is 24.5 Å². The molecule has 0 saturated carbocycles. The minimum atomic E-state index is -1.52. The second-order valence-electron chi connectivity index (χ2n) is 4.40. The van der Waals surface area contributed by atoms with E-state index in [1.807, 2.05) is 0 Å². The summed E-state index contributed by atoms with van der Waals surface area (Å²) in [5.41, 5.74) is 5.58. The van der Waals surface area contributed by atoms with Crippen molar-refractivity contribution in [1.82, 2.24) is 14.5 Å². The van der Waals surface area contributed by atoms with Gasteiger partial charge in [-0.1, -0.05) is 11.8 Å². The number of carbonyl (C=O) groups excluding carboxylic acids is 1. The van der Waals surface area contributed by atoms with Gasteiger partial charge in [0.05, 0.1) is 19.1 Å². The summed E-state index contributed by atoms with van der Waals surface area (Å²) in [7, 11) is 0. The molecule has 1 saturated heterocycles. The lowest BCUT2D eigenvalue weighted by atomic mass is 10.00. The van der Waals surface area contributed by atoms with E-state index in [1.54, 1.807) is 10.8 Å². The van der Waals surface area contributed by atoms with Crippen molar-refractivity contribution in [1.29, 1.82) is 0 Å². The highest BCUT2D eigenvalue weighted by atomic mass is 32.2. The number of nitrogens with two attached hydrogens (primary N) is 1. The summed E-state index contributed by atoms with van der Waals surface area (Å²) in [6.45, 7) is -0.145. The smallest absolute Gasteiger partial charge is 0.449 e. The first kappa shape index (κ1) is 13.9. The molecule has 0 radical (unpaired) electrons. The zero-order chi connectivity index (χ0) is 15.1. The number of imidazole rings is 1. The molecule has 4 N–H and O–H groups in total. The number of fused-ring (bicyclic) bond motifs is 1. The highest BCUT2D eigenvalue weighted by molar-refractivity contribution is 8.08. The summed E-state index contributed by atoms with van der Waals surface area (Å²) in [5, 5.41) is 18.1. The Morgan fingerprint density at radius 3 is 2.95 bits per heavy atom. The average molecular weight is 312 g/mol. The number of carboxylic acid groups (broad SMARTS) is 1. The summed E-state index contributed by atoms with van der Waals surface area (Å²) in [6, 6.07) is 0. The van der Waals surface area contributed by atoms with Crippen molar-refractivity contribution in [2.24, 2.45) is 11.7 Å². The molecule has 1 amide bonds. The summed E-state index contributed by atoms with van der Waals surface area (Å²) in [5.74, 6) is -0.486. The Kier molecular flexibility index (Phi) is 3.35. The number of nitrogens with zero attached hydrogens (tertiary/aromatic N) is 3. The van der Waals surface area contributed by atoms with Gasteiger partial charge in [0.15, 0.2) is 0 Å². The van der Waals surface area contributed by atoms with E-state index in [0.717, 1.165) is 0 Å². The molecule has 2 aliphatic rings. The second-order valence-corrected chi connectivity index (χ2v) is 5.51. The molecule has 0 aliphatic carbocycles. The fourth-order valence-corrected chi connectivity index (χ4v) is 3.74. The van der Waals surface area contributed by atoms with Crippen LogP contribution in [0.2, 0.25) is 0 Å². The van der Waals surface area contributed by atoms with Crippen molar-refractivity contribution in [2.75, 3.05) is 6.61 Å². The summed E-state index contributed by atoms with van der Waals surface area (Å²) in [6.07, 6.45) is 1.62. The highest BCUT2D eigenvalue weighted by Gasteiger charge is 2.56. The third-order valence-corrected chi connectivity index (χ3v) is 4.66. The Morgan fingerprint density at radius 2 is 2.33 bits per heavy atom. The first-order valence-electron chi connectivity index (χ1n) is 6.06. The quantitative estimate of drug-likeness (QED) is 0.507. The molecule has 9 nitrogen and oxygen atoms in total. The Balaban J connectivity index is 2.02. The number of carbonyl (C=O) groups is 2. The molecule has 1 aromatic rings. The Labute approximate surface area is 123 Å². The minimum absolute atomic E-state index is 0.0695. The molecular formula is C11H12N4O5S. The van der Waals surface area contributed by atoms with Crippen molar-refractivity contribution in [3.8, 4) is 0 Å². The van der Waals surface area contributed by atoms with E-state index in [9.17, 15) is 14.7 Å². The third-order valence-electron chi connectivity index (χ3n) is 3.29. The molecule has 0 bridgehead atoms. The van der Waals surface area contributed by atoms with Crippen LogP contribution in [0.15, 0.2) is 18.3 Å². The van der Waals surface area contributed by atoms with Crippen LogP contribution in [0.3, 0.4) is 0 Å². The zero-order valence-electron chi connectivity index (χ0n) is 10.7. The van der Waals surface area contributed by atoms with E-state index in [1.165, 1.54) is 22.9 Å². The van der Waals surface area contributed by atoms with Gasteiger partial charge in [-0.05, 0) is 0 Å². The highest BCUT2D eigenvalue weighted by Crippen LogP contribution is 2.51. The molecule has 0 unspecified atom stereocenters. The zero-order valence-corrected chi connectivity index (χ0v) is 11.5. The lowest BCUT2D eigenvalue weighted by Crippen LogP contribution is -2.58. The maximum absolute atomic E-state index is 11.9. The first-order valence-corrected chi connectivity index (χ1v) is 6.94. The fourth-order valence-electron chi connectivity index (χ4n) is 2.32. The molecule has 3 rings (SSSR count). The third kappa shape index (κ3) is 1.99. The lowest BCUT2D eigenvalue weighted by molar-refractivity contribution is -0.151. The Hall–Kier alpha value is -2.04. The van der Waals surface area contributed by atoms with Crippen LogP contribution in [0, 0.1) is 5.92 Å². The van der Waals surface area contributed by atoms with Crippen LogP contribution in [0.4, 0.5) is 4.79 Å². The number of thioether (sulfide) groups is 1. The van der Waals surface area contributed by atoms with Gasteiger partial charge >= 0.3 is 6.16 Å². The van der Waals surface area contributed by atoms with E-state index >= 15 is 0 Å². The van der Waals surface area contributed by atoms with E-state index < -0.39 is 12.1 Å². The molecule has 2 atom stereocenters. The normalized spacial score (nSPS) is 24.1. The van der Waals surface area contributed by atoms with Gasteiger partial charge in [-0.25, -0.2) is 9.78 Å². The van der Waals surface area contributed by atoms with Crippen LogP contribution in [-0.2, 0) is 16.1 Å². The maximum atomic E-state index is 11.9. The van der Waals surface area contributed by atoms with Crippen molar-refractivity contribution in [3.63, 3.8) is 0 Å². The van der Waals surface area contributed by atoms with E-state index in [4.69, 9.17) is 15.6 Å². The van der Waals surface area contributed by atoms with Crippen molar-refractivity contribution in [3.05, 3.63) is 24.1 Å². The van der Waals surface area contributed by atoms with Crippen LogP contribution >= 0.6 is 11.8 Å². The number of hydrogen-bond acceptors (Lipinski definition) is 7. The van der Waals surface area contributed by atoms with Gasteiger partial charge in [-0.15, -0.1) is 0 Å². The molecular weight excluding hydrogens is 300 g/mol. The van der Waals surface area contributed by atoms with Gasteiger partial charge in [-0.3, -0.25) is 14.3 Å². The first-order chi connectivity index (χ1) is 10.1. The molecule has 1 fully saturated rings. The average Bonchev–Trinajstić information content (AvgIpc) is 3.00. The van der Waals surface area contributed by atoms with Crippen molar-refractivity contribution in [2.45, 2.75) is 11.9 Å². The predicted octanol–water partition coefficient (Wildman–Crippen LogP) is -0.356. The largest absolute Gasteiger partial charge is 0.512 e. The molecule has 3 heterocycles. The number of β-lactam (4-membered cyclic amide) rings is 1. The summed E-state index contributed by atoms with van der Waals surface area (Å²) >= 11 is 1.24. The SMILES string of the molecule is NCc1nccn1C1=C(OC(=O)O)N2C(=O)[C@H](CO)[C@H]2S1. The fraction of sp³-hybridized carbons (Fsp3) is 0.364. The Bertz CT molecular complexity index is 642. The number of ether oxygens (including phenoxy) is 1. The molecule has 0 aromatic carbocycles. The molecule has 0 spiro atoms. The molecule has 1 aromatic heterocycles. The minimum Gasteiger partial charge on any atom is -0.449 e. The number of rotatable bonds is 4. The maximum Gasteiger partial charge on any atom is 0.512 e. The summed E-state index contributed by atoms with van der Waals surface area (Å²) in [4.78, 5) is 28.1. The monoisotopic (exact) mass is 312 g/mol. The number of aliphatic hydroxyl groups excluding tert-OH is 1. The van der Waals surface area contributed by atoms with Gasteiger partial charge in [0, 0.05) is 12.4 Å². The molecule has 10 heteroatoms. The number of aromatic nitrogens is 2. The summed E-state index contributed by atoms with van der Waals surface area (Å²) < 4.78 is 6.34. The van der Waals surface area contributed by atoms with E-state index in [0.29, 0.717) is 10.9 Å². The van der Waals surface area contributed by atoms with Crippen molar-refractivity contribution >= 4 is 28.9 Å². The van der Waals surface area contributed by atoms with Crippen LogP contribution in [0.1, 0.15) is 5.82 Å². The van der Waals surface area contributed by atoms with E-state index in [-0.39, 0.29) is 30.3 Å². The standard InChI is InChI=1S/C11H12N4O5S/c12-3-6-13-1-2-14(6)10-8(20-11(18)19)15-7(17)5(4-16)9(15)21-10/h1-2,5,9,16H,3-4,12H2,(H,18,19)/t5-,9+/m0/s1. The lowest BCUT2D eigenvalue weighted by Gasteiger charge is -2.40. The molecule has 21 heavy (non-hydrogen) atoms. The predicted molar refractivity (Wildman–Crippen MR) is 71.2 cm³/mol. The number of aliphatic hydroxyl groups is 1. The van der Waals surface area contributed by atoms with Crippen LogP contribution in [0.5, 0.6) is 0 Å². The van der Waals surface area contributed by atoms with Crippen LogP contribution in [0.25, 0.3) is 5.03 Å². The van der Waals surface area contributed by atoms with Crippen LogP contribution in [-0.4, -0.2) is 48.7 Å². The van der Waals surface area contributed by atoms with E-state index in [2.05, 4.69) is 4.98 Å². The van der Waals surface area contributed by atoms with Gasteiger partial charge in [0.2, 0.25) is 11.8 Å². The number of amides is 1. The van der Waals surface area contributed by atoms with Gasteiger partial charge in [0.25, 0.3) is 0 Å². The Morgan fingerprint density at radius 1 is 1.57 bits per heavy atom. The van der Waals surface area contributed by atoms with Gasteiger partial charge in [0.1, 0.15) is 16.2 Å². The number of hydrogen-bond donors (Lipinski definition) is 3. The van der Waals surface area contributed by atoms with Gasteiger partial charge < -0.3 is 20.7 Å². The van der Waals surface area contributed by atoms with Crippen LogP contribution < -0.4 is 5.73 Å². The topological polar surface area (TPSA) is 131 Å². The molecule has 112 valence electrons. The second kappa shape index (κ2) is 5.06.